The van der Waals surface area contributed by atoms with E-state index in [1.54, 1.807) is 12.1 Å². The monoisotopic (exact) mass is 371 g/mol. The van der Waals surface area contributed by atoms with Gasteiger partial charge in [-0.1, -0.05) is 42.8 Å². The number of piperidine rings is 1. The standard InChI is InChI=1S/C21H26FN3O2/c22-17-9-6-11-18(13-17)25(21(23)27)14-19-10-4-5-12-24(19)20(15-26)16-7-2-1-3-8-16/h1-3,6-9,11,13,19-20,26H,4-5,10,12,14-15H2,(H2,23,27)/t19-,20-/m0/s1. The van der Waals surface area contributed by atoms with E-state index in [2.05, 4.69) is 4.90 Å². The smallest absolute Gasteiger partial charge is 0.319 e. The SMILES string of the molecule is NC(=O)N(C[C@@H]1CCCCN1[C@@H](CO)c1ccccc1)c1cccc(F)c1. The number of nitrogens with two attached hydrogens (primary N) is 1. The van der Waals surface area contributed by atoms with Crippen molar-refractivity contribution < 1.29 is 14.3 Å². The molecule has 0 aromatic heterocycles. The Hall–Kier alpha value is -2.44. The Morgan fingerprint density at radius 2 is 2.00 bits per heavy atom. The lowest BCUT2D eigenvalue weighted by atomic mass is 9.96. The normalized spacial score (nSPS) is 18.8. The van der Waals surface area contributed by atoms with Gasteiger partial charge in [0.25, 0.3) is 0 Å². The van der Waals surface area contributed by atoms with Gasteiger partial charge in [-0.2, -0.15) is 0 Å². The van der Waals surface area contributed by atoms with Crippen LogP contribution in [0.5, 0.6) is 0 Å². The third-order valence-corrected chi connectivity index (χ3v) is 5.21. The molecule has 3 rings (SSSR count). The first-order valence-electron chi connectivity index (χ1n) is 9.34. The van der Waals surface area contributed by atoms with Gasteiger partial charge in [-0.05, 0) is 43.1 Å². The molecule has 5 nitrogen and oxygen atoms in total. The second-order valence-electron chi connectivity index (χ2n) is 6.93. The molecular weight excluding hydrogens is 345 g/mol. The molecule has 0 bridgehead atoms. The zero-order valence-corrected chi connectivity index (χ0v) is 15.3. The first-order valence-corrected chi connectivity index (χ1v) is 9.34. The maximum Gasteiger partial charge on any atom is 0.319 e. The Labute approximate surface area is 159 Å². The Morgan fingerprint density at radius 3 is 2.67 bits per heavy atom. The zero-order valence-electron chi connectivity index (χ0n) is 15.3. The summed E-state index contributed by atoms with van der Waals surface area (Å²) in [5, 5.41) is 10.0. The molecule has 1 heterocycles. The molecule has 0 spiro atoms. The molecule has 1 aliphatic rings. The van der Waals surface area contributed by atoms with E-state index in [4.69, 9.17) is 5.73 Å². The van der Waals surface area contributed by atoms with E-state index in [9.17, 15) is 14.3 Å². The summed E-state index contributed by atoms with van der Waals surface area (Å²) in [6, 6.07) is 15.1. The number of anilines is 1. The van der Waals surface area contributed by atoms with Crippen molar-refractivity contribution in [3.05, 3.63) is 66.0 Å². The van der Waals surface area contributed by atoms with Crippen molar-refractivity contribution in [3.8, 4) is 0 Å². The van der Waals surface area contributed by atoms with Gasteiger partial charge in [0.1, 0.15) is 5.82 Å². The summed E-state index contributed by atoms with van der Waals surface area (Å²) in [6.07, 6.45) is 2.97. The molecule has 6 heteroatoms. The number of hydrogen-bond acceptors (Lipinski definition) is 3. The minimum atomic E-state index is -0.605. The summed E-state index contributed by atoms with van der Waals surface area (Å²) in [6.45, 7) is 1.19. The highest BCUT2D eigenvalue weighted by atomic mass is 19.1. The fourth-order valence-corrected chi connectivity index (χ4v) is 3.88. The number of aliphatic hydroxyl groups is 1. The molecule has 0 saturated carbocycles. The second kappa shape index (κ2) is 8.97. The number of amides is 2. The molecule has 2 atom stereocenters. The maximum atomic E-state index is 13.6. The first-order chi connectivity index (χ1) is 13.1. The summed E-state index contributed by atoms with van der Waals surface area (Å²) >= 11 is 0. The van der Waals surface area contributed by atoms with Crippen LogP contribution < -0.4 is 10.6 Å². The summed E-state index contributed by atoms with van der Waals surface area (Å²) < 4.78 is 13.6. The van der Waals surface area contributed by atoms with Crippen LogP contribution in [-0.4, -0.2) is 41.8 Å². The number of carbonyl (C=O) groups is 1. The molecule has 1 aliphatic heterocycles. The number of rotatable bonds is 6. The predicted octanol–water partition coefficient (Wildman–Crippen LogP) is 3.30. The lowest BCUT2D eigenvalue weighted by Crippen LogP contribution is -2.51. The van der Waals surface area contributed by atoms with Crippen LogP contribution in [0.25, 0.3) is 0 Å². The van der Waals surface area contributed by atoms with Gasteiger partial charge in [0.15, 0.2) is 0 Å². The number of likely N-dealkylation sites (tertiary alicyclic amines) is 1. The number of nitrogens with zero attached hydrogens (tertiary/aromatic N) is 2. The number of primary amides is 1. The van der Waals surface area contributed by atoms with E-state index >= 15 is 0 Å². The van der Waals surface area contributed by atoms with Crippen LogP contribution in [0.15, 0.2) is 54.6 Å². The van der Waals surface area contributed by atoms with Crippen LogP contribution in [-0.2, 0) is 0 Å². The first kappa shape index (κ1) is 19.3. The van der Waals surface area contributed by atoms with Crippen LogP contribution in [0, 0.1) is 5.82 Å². The van der Waals surface area contributed by atoms with Crippen LogP contribution in [0.1, 0.15) is 30.9 Å². The highest BCUT2D eigenvalue weighted by Gasteiger charge is 2.32. The van der Waals surface area contributed by atoms with Crippen molar-refractivity contribution >= 4 is 11.7 Å². The topological polar surface area (TPSA) is 69.8 Å². The lowest BCUT2D eigenvalue weighted by Gasteiger charge is -2.42. The molecule has 27 heavy (non-hydrogen) atoms. The van der Waals surface area contributed by atoms with Crippen LogP contribution in [0.4, 0.5) is 14.9 Å². The Kier molecular flexibility index (Phi) is 6.42. The lowest BCUT2D eigenvalue weighted by molar-refractivity contribution is 0.0597. The van der Waals surface area contributed by atoms with Gasteiger partial charge < -0.3 is 10.8 Å². The Balaban J connectivity index is 1.84. The molecule has 2 aromatic carbocycles. The molecule has 0 radical (unpaired) electrons. The van der Waals surface area contributed by atoms with E-state index in [0.717, 1.165) is 31.4 Å². The molecular formula is C21H26FN3O2. The number of benzene rings is 2. The molecule has 2 amide bonds. The maximum absolute atomic E-state index is 13.6. The second-order valence-corrected chi connectivity index (χ2v) is 6.93. The third-order valence-electron chi connectivity index (χ3n) is 5.21. The van der Waals surface area contributed by atoms with Gasteiger partial charge in [0.2, 0.25) is 0 Å². The minimum absolute atomic E-state index is 0.00293. The number of carbonyl (C=O) groups excluding carboxylic acids is 1. The zero-order chi connectivity index (χ0) is 19.2. The summed E-state index contributed by atoms with van der Waals surface area (Å²) in [5.74, 6) is -0.406. The molecule has 2 aromatic rings. The molecule has 1 fully saturated rings. The van der Waals surface area contributed by atoms with E-state index in [1.807, 2.05) is 30.3 Å². The van der Waals surface area contributed by atoms with Crippen molar-refractivity contribution in [2.45, 2.75) is 31.3 Å². The molecule has 0 unspecified atom stereocenters. The molecule has 0 aliphatic carbocycles. The molecule has 3 N–H and O–H groups in total. The van der Waals surface area contributed by atoms with Crippen molar-refractivity contribution in [3.63, 3.8) is 0 Å². The van der Waals surface area contributed by atoms with Crippen molar-refractivity contribution in [1.82, 2.24) is 4.90 Å². The Bertz CT molecular complexity index is 756. The number of aliphatic hydroxyl groups excluding tert-OH is 1. The van der Waals surface area contributed by atoms with Crippen molar-refractivity contribution in [2.24, 2.45) is 5.73 Å². The highest BCUT2D eigenvalue weighted by molar-refractivity contribution is 5.90. The fraction of sp³-hybridized carbons (Fsp3) is 0.381. The molecule has 1 saturated heterocycles. The van der Waals surface area contributed by atoms with E-state index in [0.29, 0.717) is 12.2 Å². The van der Waals surface area contributed by atoms with Gasteiger partial charge in [0.05, 0.1) is 12.6 Å². The van der Waals surface area contributed by atoms with Crippen LogP contribution in [0.3, 0.4) is 0 Å². The third kappa shape index (κ3) is 4.64. The number of hydrogen-bond donors (Lipinski definition) is 2. The highest BCUT2D eigenvalue weighted by Crippen LogP contribution is 2.30. The van der Waals surface area contributed by atoms with Crippen LogP contribution >= 0.6 is 0 Å². The predicted molar refractivity (Wildman–Crippen MR) is 104 cm³/mol. The Morgan fingerprint density at radius 1 is 1.22 bits per heavy atom. The van der Waals surface area contributed by atoms with E-state index in [1.165, 1.54) is 17.0 Å². The average Bonchev–Trinajstić information content (AvgIpc) is 2.68. The quantitative estimate of drug-likeness (QED) is 0.819. The average molecular weight is 371 g/mol. The number of halogens is 1. The van der Waals surface area contributed by atoms with E-state index < -0.39 is 11.8 Å². The van der Waals surface area contributed by atoms with Gasteiger partial charge in [-0.3, -0.25) is 9.80 Å². The minimum Gasteiger partial charge on any atom is -0.394 e. The van der Waals surface area contributed by atoms with Gasteiger partial charge >= 0.3 is 6.03 Å². The van der Waals surface area contributed by atoms with Crippen molar-refractivity contribution in [2.75, 3.05) is 24.6 Å². The molecule has 144 valence electrons. The largest absolute Gasteiger partial charge is 0.394 e. The van der Waals surface area contributed by atoms with E-state index in [-0.39, 0.29) is 18.7 Å². The van der Waals surface area contributed by atoms with Crippen molar-refractivity contribution in [1.29, 1.82) is 0 Å². The van der Waals surface area contributed by atoms with Gasteiger partial charge in [0, 0.05) is 18.3 Å². The van der Waals surface area contributed by atoms with Gasteiger partial charge in [-0.15, -0.1) is 0 Å². The number of urea groups is 1. The van der Waals surface area contributed by atoms with Gasteiger partial charge in [-0.25, -0.2) is 9.18 Å². The van der Waals surface area contributed by atoms with Crippen LogP contribution in [0.2, 0.25) is 0 Å². The fourth-order valence-electron chi connectivity index (χ4n) is 3.88. The summed E-state index contributed by atoms with van der Waals surface area (Å²) in [5.41, 5.74) is 7.09. The summed E-state index contributed by atoms with van der Waals surface area (Å²) in [4.78, 5) is 15.7. The summed E-state index contributed by atoms with van der Waals surface area (Å²) in [7, 11) is 0.